The fourth-order valence-corrected chi connectivity index (χ4v) is 3.69. The van der Waals surface area contributed by atoms with Gasteiger partial charge in [-0.15, -0.1) is 0 Å². The van der Waals surface area contributed by atoms with E-state index >= 15 is 0 Å². The first-order valence-electron chi connectivity index (χ1n) is 9.29. The summed E-state index contributed by atoms with van der Waals surface area (Å²) in [6.07, 6.45) is 1.64. The van der Waals surface area contributed by atoms with Crippen LogP contribution in [0.4, 0.5) is 0 Å². The number of ether oxygens (including phenoxy) is 1. The minimum absolute atomic E-state index is 0.0199. The van der Waals surface area contributed by atoms with Gasteiger partial charge in [0.15, 0.2) is 6.61 Å². The third kappa shape index (κ3) is 6.13. The smallest absolute Gasteiger partial charge is 0.338 e. The molecule has 0 spiro atoms. The van der Waals surface area contributed by atoms with Gasteiger partial charge in [0, 0.05) is 14.1 Å². The lowest BCUT2D eigenvalue weighted by atomic mass is 10.0. The van der Waals surface area contributed by atoms with Gasteiger partial charge in [-0.3, -0.25) is 4.79 Å². The molecule has 0 bridgehead atoms. The van der Waals surface area contributed by atoms with Crippen LogP contribution in [0, 0.1) is 0 Å². The molecule has 1 N–H and O–H groups in total. The van der Waals surface area contributed by atoms with Crippen molar-refractivity contribution in [2.45, 2.75) is 30.7 Å². The molecule has 29 heavy (non-hydrogen) atoms. The van der Waals surface area contributed by atoms with Gasteiger partial charge in [0.1, 0.15) is 0 Å². The number of hydrogen-bond donors (Lipinski definition) is 1. The summed E-state index contributed by atoms with van der Waals surface area (Å²) in [5.74, 6) is -1.18. The van der Waals surface area contributed by atoms with E-state index in [0.717, 1.165) is 22.7 Å². The summed E-state index contributed by atoms with van der Waals surface area (Å²) in [7, 11) is -0.857. The summed E-state index contributed by atoms with van der Waals surface area (Å²) in [6.45, 7) is 1.58. The quantitative estimate of drug-likeness (QED) is 0.632. The van der Waals surface area contributed by atoms with Crippen molar-refractivity contribution in [3.8, 4) is 0 Å². The number of nitrogens with zero attached hydrogens (tertiary/aromatic N) is 1. The highest BCUT2D eigenvalue weighted by Crippen LogP contribution is 2.18. The van der Waals surface area contributed by atoms with E-state index in [1.165, 1.54) is 38.4 Å². The molecular formula is C21H26N2O5S. The molecule has 2 rings (SSSR count). The van der Waals surface area contributed by atoms with E-state index < -0.39 is 28.5 Å². The molecule has 0 aromatic heterocycles. The number of amides is 1. The van der Waals surface area contributed by atoms with Crippen molar-refractivity contribution in [1.82, 2.24) is 9.62 Å². The second-order valence-electron chi connectivity index (χ2n) is 6.71. The van der Waals surface area contributed by atoms with E-state index in [1.54, 1.807) is 0 Å². The van der Waals surface area contributed by atoms with Crippen molar-refractivity contribution in [2.24, 2.45) is 0 Å². The van der Waals surface area contributed by atoms with Gasteiger partial charge in [-0.05, 0) is 30.2 Å². The molecule has 0 aliphatic carbocycles. The Bertz CT molecular complexity index is 943. The van der Waals surface area contributed by atoms with E-state index in [1.807, 2.05) is 37.3 Å². The molecule has 2 aromatic rings. The maximum atomic E-state index is 12.3. The van der Waals surface area contributed by atoms with Gasteiger partial charge in [-0.25, -0.2) is 17.5 Å². The summed E-state index contributed by atoms with van der Waals surface area (Å²) in [6, 6.07) is 14.9. The lowest BCUT2D eigenvalue weighted by Crippen LogP contribution is -2.32. The molecule has 0 saturated carbocycles. The Kier molecular flexibility index (Phi) is 7.92. The average Bonchev–Trinajstić information content (AvgIpc) is 2.72. The summed E-state index contributed by atoms with van der Waals surface area (Å²) < 4.78 is 30.5. The van der Waals surface area contributed by atoms with Crippen LogP contribution in [0.25, 0.3) is 0 Å². The van der Waals surface area contributed by atoms with Crippen molar-refractivity contribution in [1.29, 1.82) is 0 Å². The van der Waals surface area contributed by atoms with E-state index in [-0.39, 0.29) is 16.5 Å². The summed E-state index contributed by atoms with van der Waals surface area (Å²) in [5, 5.41) is 2.87. The van der Waals surface area contributed by atoms with E-state index in [2.05, 4.69) is 5.32 Å². The van der Waals surface area contributed by atoms with Crippen LogP contribution in [0.3, 0.4) is 0 Å². The number of benzene rings is 2. The second kappa shape index (κ2) is 10.2. The van der Waals surface area contributed by atoms with E-state index in [4.69, 9.17) is 4.74 Å². The fourth-order valence-electron chi connectivity index (χ4n) is 2.74. The number of carbonyl (C=O) groups excluding carboxylic acids is 2. The molecule has 7 nitrogen and oxygen atoms in total. The van der Waals surface area contributed by atoms with Crippen LogP contribution in [-0.2, 0) is 19.6 Å². The Labute approximate surface area is 171 Å². The van der Waals surface area contributed by atoms with Crippen LogP contribution in [0.2, 0.25) is 0 Å². The second-order valence-corrected chi connectivity index (χ2v) is 8.86. The number of hydrogen-bond acceptors (Lipinski definition) is 5. The highest BCUT2D eigenvalue weighted by atomic mass is 32.2. The third-order valence-corrected chi connectivity index (χ3v) is 6.11. The minimum Gasteiger partial charge on any atom is -0.452 e. The third-order valence-electron chi connectivity index (χ3n) is 4.30. The first kappa shape index (κ1) is 22.6. The molecule has 0 aliphatic rings. The molecule has 0 aliphatic heterocycles. The first-order chi connectivity index (χ1) is 13.8. The monoisotopic (exact) mass is 418 g/mol. The van der Waals surface area contributed by atoms with Gasteiger partial charge >= 0.3 is 5.97 Å². The zero-order chi connectivity index (χ0) is 21.4. The minimum atomic E-state index is -3.67. The SMILES string of the molecule is CCC[C@H](NC(=O)COC(=O)c1cccc(S(=O)(=O)N(C)C)c1)c1ccccc1. The molecule has 0 unspecified atom stereocenters. The normalized spacial score (nSPS) is 12.4. The largest absolute Gasteiger partial charge is 0.452 e. The molecular weight excluding hydrogens is 392 g/mol. The summed E-state index contributed by atoms with van der Waals surface area (Å²) in [4.78, 5) is 24.5. The Balaban J connectivity index is 2.00. The van der Waals surface area contributed by atoms with Crippen LogP contribution in [0.15, 0.2) is 59.5 Å². The molecule has 0 fully saturated rings. The summed E-state index contributed by atoms with van der Waals surface area (Å²) >= 11 is 0. The predicted molar refractivity (Wildman–Crippen MR) is 110 cm³/mol. The van der Waals surface area contributed by atoms with Crippen LogP contribution in [-0.4, -0.2) is 45.3 Å². The number of sulfonamides is 1. The first-order valence-corrected chi connectivity index (χ1v) is 10.7. The Morgan fingerprint density at radius 3 is 2.38 bits per heavy atom. The summed E-state index contributed by atoms with van der Waals surface area (Å²) in [5.41, 5.74) is 1.05. The number of carbonyl (C=O) groups is 2. The standard InChI is InChI=1S/C21H26N2O5S/c1-4-9-19(16-10-6-5-7-11-16)22-20(24)15-28-21(25)17-12-8-13-18(14-17)29(26,27)23(2)3/h5-8,10-14,19H,4,9,15H2,1-3H3,(H,22,24)/t19-/m0/s1. The van der Waals surface area contributed by atoms with Crippen molar-refractivity contribution in [3.63, 3.8) is 0 Å². The Morgan fingerprint density at radius 1 is 1.07 bits per heavy atom. The lowest BCUT2D eigenvalue weighted by molar-refractivity contribution is -0.125. The number of rotatable bonds is 9. The average molecular weight is 419 g/mol. The van der Waals surface area contributed by atoms with Gasteiger partial charge in [-0.1, -0.05) is 49.7 Å². The zero-order valence-corrected chi connectivity index (χ0v) is 17.6. The number of nitrogens with one attached hydrogen (secondary N) is 1. The van der Waals surface area contributed by atoms with E-state index in [0.29, 0.717) is 0 Å². The maximum absolute atomic E-state index is 12.3. The van der Waals surface area contributed by atoms with Crippen molar-refractivity contribution < 1.29 is 22.7 Å². The van der Waals surface area contributed by atoms with Gasteiger partial charge in [0.05, 0.1) is 16.5 Å². The molecule has 156 valence electrons. The number of esters is 1. The van der Waals surface area contributed by atoms with Crippen LogP contribution < -0.4 is 5.32 Å². The highest BCUT2D eigenvalue weighted by molar-refractivity contribution is 7.89. The van der Waals surface area contributed by atoms with Crippen molar-refractivity contribution >= 4 is 21.9 Å². The molecule has 1 atom stereocenters. The van der Waals surface area contributed by atoms with Crippen LogP contribution in [0.1, 0.15) is 41.7 Å². The molecule has 1 amide bonds. The molecule has 0 radical (unpaired) electrons. The van der Waals surface area contributed by atoms with Gasteiger partial charge < -0.3 is 10.1 Å². The topological polar surface area (TPSA) is 92.8 Å². The maximum Gasteiger partial charge on any atom is 0.338 e. The molecule has 0 saturated heterocycles. The highest BCUT2D eigenvalue weighted by Gasteiger charge is 2.20. The van der Waals surface area contributed by atoms with Gasteiger partial charge in [0.25, 0.3) is 5.91 Å². The fraction of sp³-hybridized carbons (Fsp3) is 0.333. The lowest BCUT2D eigenvalue weighted by Gasteiger charge is -2.18. The molecule has 2 aromatic carbocycles. The predicted octanol–water partition coefficient (Wildman–Crippen LogP) is 2.75. The van der Waals surface area contributed by atoms with Crippen LogP contribution >= 0.6 is 0 Å². The zero-order valence-electron chi connectivity index (χ0n) is 16.8. The Morgan fingerprint density at radius 2 is 1.76 bits per heavy atom. The van der Waals surface area contributed by atoms with Gasteiger partial charge in [0.2, 0.25) is 10.0 Å². The van der Waals surface area contributed by atoms with Crippen molar-refractivity contribution in [2.75, 3.05) is 20.7 Å². The molecule has 0 heterocycles. The Hall–Kier alpha value is -2.71. The van der Waals surface area contributed by atoms with Crippen molar-refractivity contribution in [3.05, 3.63) is 65.7 Å². The molecule has 8 heteroatoms. The van der Waals surface area contributed by atoms with Crippen LogP contribution in [0.5, 0.6) is 0 Å². The van der Waals surface area contributed by atoms with E-state index in [9.17, 15) is 18.0 Å². The van der Waals surface area contributed by atoms with Gasteiger partial charge in [-0.2, -0.15) is 0 Å².